The number of imidazole rings is 1. The van der Waals surface area contributed by atoms with E-state index in [9.17, 15) is 9.90 Å². The van der Waals surface area contributed by atoms with Crippen molar-refractivity contribution in [2.45, 2.75) is 5.16 Å². The molecule has 0 fully saturated rings. The second-order valence-corrected chi connectivity index (χ2v) is 7.69. The smallest absolute Gasteiger partial charge is 0.342 e. The molecule has 0 bridgehead atoms. The van der Waals surface area contributed by atoms with E-state index in [1.165, 1.54) is 7.11 Å². The molecule has 0 radical (unpaired) electrons. The maximum absolute atomic E-state index is 11.8. The molecule has 0 amide bonds. The first-order valence-electron chi connectivity index (χ1n) is 8.03. The molecule has 0 saturated heterocycles. The Morgan fingerprint density at radius 2 is 2.21 bits per heavy atom. The SMILES string of the molecule is C#CCOc1c(I)cc(/C=C(\Sc2nc3ccccc3[nH]2)C(=O)O)cc1OC. The predicted octanol–water partition coefficient (Wildman–Crippen LogP) is 4.41. The quantitative estimate of drug-likeness (QED) is 0.214. The van der Waals surface area contributed by atoms with Crippen LogP contribution >= 0.6 is 34.4 Å². The summed E-state index contributed by atoms with van der Waals surface area (Å²) in [5.41, 5.74) is 2.29. The van der Waals surface area contributed by atoms with Crippen molar-refractivity contribution in [1.29, 1.82) is 0 Å². The highest BCUT2D eigenvalue weighted by Gasteiger charge is 2.15. The van der Waals surface area contributed by atoms with Gasteiger partial charge in [-0.15, -0.1) is 6.42 Å². The first kappa shape index (κ1) is 20.1. The fourth-order valence-corrected chi connectivity index (χ4v) is 4.02. The third-order valence-electron chi connectivity index (χ3n) is 3.63. The monoisotopic (exact) mass is 506 g/mol. The number of aromatic amines is 1. The molecule has 3 rings (SSSR count). The zero-order valence-corrected chi connectivity index (χ0v) is 17.7. The second kappa shape index (κ2) is 9.03. The first-order chi connectivity index (χ1) is 13.5. The van der Waals surface area contributed by atoms with Crippen molar-refractivity contribution in [2.75, 3.05) is 13.7 Å². The van der Waals surface area contributed by atoms with Crippen molar-refractivity contribution < 1.29 is 19.4 Å². The number of methoxy groups -OCH3 is 1. The van der Waals surface area contributed by atoms with Crippen LogP contribution in [0, 0.1) is 15.9 Å². The lowest BCUT2D eigenvalue weighted by Crippen LogP contribution is -2.00. The van der Waals surface area contributed by atoms with E-state index in [2.05, 4.69) is 38.5 Å². The fourth-order valence-electron chi connectivity index (χ4n) is 2.45. The number of ether oxygens (including phenoxy) is 2. The lowest BCUT2D eigenvalue weighted by molar-refractivity contribution is -0.131. The topological polar surface area (TPSA) is 84.4 Å². The van der Waals surface area contributed by atoms with Gasteiger partial charge >= 0.3 is 5.97 Å². The number of rotatable bonds is 7. The van der Waals surface area contributed by atoms with Gasteiger partial charge in [0.2, 0.25) is 0 Å². The number of para-hydroxylation sites is 2. The molecule has 8 heteroatoms. The number of terminal acetylenes is 1. The van der Waals surface area contributed by atoms with E-state index in [-0.39, 0.29) is 11.5 Å². The molecular formula is C20H15IN2O4S. The van der Waals surface area contributed by atoms with Gasteiger partial charge in [0, 0.05) is 0 Å². The minimum Gasteiger partial charge on any atom is -0.493 e. The van der Waals surface area contributed by atoms with Crippen molar-refractivity contribution >= 4 is 57.4 Å². The van der Waals surface area contributed by atoms with Gasteiger partial charge in [-0.05, 0) is 70.3 Å². The van der Waals surface area contributed by atoms with Gasteiger partial charge in [0.15, 0.2) is 16.7 Å². The van der Waals surface area contributed by atoms with E-state index in [1.54, 1.807) is 18.2 Å². The number of carbonyl (C=O) groups is 1. The van der Waals surface area contributed by atoms with Gasteiger partial charge in [0.25, 0.3) is 0 Å². The van der Waals surface area contributed by atoms with Crippen LogP contribution in [0.5, 0.6) is 11.5 Å². The molecule has 2 N–H and O–H groups in total. The van der Waals surface area contributed by atoms with Crippen molar-refractivity contribution in [2.24, 2.45) is 0 Å². The number of nitrogens with one attached hydrogen (secondary N) is 1. The number of aromatic nitrogens is 2. The average Bonchev–Trinajstić information content (AvgIpc) is 3.08. The Balaban J connectivity index is 1.94. The van der Waals surface area contributed by atoms with E-state index in [0.29, 0.717) is 22.2 Å². The third kappa shape index (κ3) is 4.61. The number of H-pyrrole nitrogens is 1. The fraction of sp³-hybridized carbons (Fsp3) is 0.100. The maximum atomic E-state index is 11.8. The van der Waals surface area contributed by atoms with Crippen LogP contribution in [0.4, 0.5) is 0 Å². The summed E-state index contributed by atoms with van der Waals surface area (Å²) < 4.78 is 11.6. The molecule has 0 unspecified atom stereocenters. The van der Waals surface area contributed by atoms with Crippen LogP contribution < -0.4 is 9.47 Å². The van der Waals surface area contributed by atoms with Crippen LogP contribution in [0.2, 0.25) is 0 Å². The molecule has 0 aliphatic rings. The Labute approximate surface area is 179 Å². The number of aliphatic carboxylic acids is 1. The summed E-state index contributed by atoms with van der Waals surface area (Å²) in [6.07, 6.45) is 6.81. The Bertz CT molecular complexity index is 1070. The molecular weight excluding hydrogens is 491 g/mol. The lowest BCUT2D eigenvalue weighted by Gasteiger charge is -2.12. The van der Waals surface area contributed by atoms with Crippen molar-refractivity contribution in [3.8, 4) is 23.8 Å². The number of hydrogen-bond acceptors (Lipinski definition) is 5. The first-order valence-corrected chi connectivity index (χ1v) is 9.92. The molecule has 2 aromatic carbocycles. The van der Waals surface area contributed by atoms with Crippen LogP contribution in [0.1, 0.15) is 5.56 Å². The molecule has 1 aromatic heterocycles. The lowest BCUT2D eigenvalue weighted by atomic mass is 10.2. The van der Waals surface area contributed by atoms with E-state index in [4.69, 9.17) is 15.9 Å². The van der Waals surface area contributed by atoms with Gasteiger partial charge in [-0.3, -0.25) is 0 Å². The Hall–Kier alpha value is -2.64. The van der Waals surface area contributed by atoms with E-state index < -0.39 is 5.97 Å². The summed E-state index contributed by atoms with van der Waals surface area (Å²) in [4.78, 5) is 19.4. The summed E-state index contributed by atoms with van der Waals surface area (Å²) in [6, 6.07) is 11.0. The third-order valence-corrected chi connectivity index (χ3v) is 5.33. The van der Waals surface area contributed by atoms with Crippen LogP contribution in [-0.4, -0.2) is 34.8 Å². The molecule has 6 nitrogen and oxygen atoms in total. The van der Waals surface area contributed by atoms with Crippen LogP contribution in [0.3, 0.4) is 0 Å². The molecule has 0 aliphatic heterocycles. The molecule has 142 valence electrons. The summed E-state index contributed by atoms with van der Waals surface area (Å²) in [6.45, 7) is 0.115. The molecule has 28 heavy (non-hydrogen) atoms. The highest BCUT2D eigenvalue weighted by atomic mass is 127. The molecule has 0 spiro atoms. The number of halogens is 1. The maximum Gasteiger partial charge on any atom is 0.342 e. The van der Waals surface area contributed by atoms with Crippen molar-refractivity contribution in [3.05, 3.63) is 50.4 Å². The normalized spacial score (nSPS) is 11.2. The highest BCUT2D eigenvalue weighted by Crippen LogP contribution is 2.36. The number of carboxylic acid groups (broad SMARTS) is 1. The number of fused-ring (bicyclic) bond motifs is 1. The zero-order chi connectivity index (χ0) is 20.1. The number of nitrogens with zero attached hydrogens (tertiary/aromatic N) is 1. The Kier molecular flexibility index (Phi) is 6.49. The minimum atomic E-state index is -1.05. The van der Waals surface area contributed by atoms with Gasteiger partial charge in [-0.2, -0.15) is 0 Å². The number of thioether (sulfide) groups is 1. The van der Waals surface area contributed by atoms with Gasteiger partial charge in [-0.1, -0.05) is 18.1 Å². The van der Waals surface area contributed by atoms with Gasteiger partial charge in [0.1, 0.15) is 11.5 Å². The Morgan fingerprint density at radius 3 is 2.89 bits per heavy atom. The van der Waals surface area contributed by atoms with E-state index in [0.717, 1.165) is 26.4 Å². The van der Waals surface area contributed by atoms with Gasteiger partial charge in [0.05, 0.1) is 21.7 Å². The van der Waals surface area contributed by atoms with E-state index in [1.807, 2.05) is 24.3 Å². The number of hydrogen-bond donors (Lipinski definition) is 2. The molecule has 0 saturated carbocycles. The molecule has 1 heterocycles. The largest absolute Gasteiger partial charge is 0.493 e. The van der Waals surface area contributed by atoms with Crippen LogP contribution in [0.25, 0.3) is 17.1 Å². The van der Waals surface area contributed by atoms with Crippen molar-refractivity contribution in [1.82, 2.24) is 9.97 Å². The van der Waals surface area contributed by atoms with Crippen molar-refractivity contribution in [3.63, 3.8) is 0 Å². The van der Waals surface area contributed by atoms with Crippen LogP contribution in [0.15, 0.2) is 46.5 Å². The summed E-state index contributed by atoms with van der Waals surface area (Å²) in [5, 5.41) is 10.1. The average molecular weight is 506 g/mol. The zero-order valence-electron chi connectivity index (χ0n) is 14.7. The number of benzene rings is 2. The Morgan fingerprint density at radius 1 is 1.43 bits per heavy atom. The molecule has 0 atom stereocenters. The molecule has 3 aromatic rings. The van der Waals surface area contributed by atoms with E-state index >= 15 is 0 Å². The summed E-state index contributed by atoms with van der Waals surface area (Å²) in [5.74, 6) is 2.37. The summed E-state index contributed by atoms with van der Waals surface area (Å²) >= 11 is 3.14. The second-order valence-electron chi connectivity index (χ2n) is 5.50. The summed E-state index contributed by atoms with van der Waals surface area (Å²) in [7, 11) is 1.52. The predicted molar refractivity (Wildman–Crippen MR) is 118 cm³/mol. The molecule has 0 aliphatic carbocycles. The van der Waals surface area contributed by atoms with Gasteiger partial charge < -0.3 is 19.6 Å². The highest BCUT2D eigenvalue weighted by molar-refractivity contribution is 14.1. The number of carboxylic acids is 1. The minimum absolute atomic E-state index is 0.115. The standard InChI is InChI=1S/C20H15IN2O4S/c1-3-8-27-18-13(21)9-12(10-16(18)26-2)11-17(19(24)25)28-20-22-14-6-4-5-7-15(14)23-20/h1,4-7,9-11H,8H2,2H3,(H,22,23)(H,24,25)/b17-11-. The van der Waals surface area contributed by atoms with Crippen LogP contribution in [-0.2, 0) is 4.79 Å². The van der Waals surface area contributed by atoms with Gasteiger partial charge in [-0.25, -0.2) is 9.78 Å².